The van der Waals surface area contributed by atoms with Crippen LogP contribution in [-0.4, -0.2) is 67.9 Å². The van der Waals surface area contributed by atoms with Crippen molar-refractivity contribution >= 4 is 28.5 Å². The number of nitrogens with zero attached hydrogens (tertiary/aromatic N) is 2. The van der Waals surface area contributed by atoms with Gasteiger partial charge in [0.25, 0.3) is 0 Å². The Morgan fingerprint density at radius 2 is 2.17 bits per heavy atom. The van der Waals surface area contributed by atoms with Gasteiger partial charge in [0.1, 0.15) is 0 Å². The Kier molecular flexibility index (Phi) is 7.52. The van der Waals surface area contributed by atoms with Crippen LogP contribution in [0.4, 0.5) is 0 Å². The summed E-state index contributed by atoms with van der Waals surface area (Å²) < 4.78 is 11.9. The lowest BCUT2D eigenvalue weighted by Gasteiger charge is -2.35. The average molecular weight is 433 g/mol. The summed E-state index contributed by atoms with van der Waals surface area (Å²) in [5.41, 5.74) is 2.40. The van der Waals surface area contributed by atoms with Gasteiger partial charge in [0.15, 0.2) is 5.96 Å². The van der Waals surface area contributed by atoms with Gasteiger partial charge >= 0.3 is 0 Å². The number of rotatable bonds is 6. The molecule has 1 aromatic carbocycles. The van der Waals surface area contributed by atoms with E-state index in [4.69, 9.17) is 21.1 Å². The van der Waals surface area contributed by atoms with Crippen LogP contribution in [-0.2, 0) is 15.9 Å². The van der Waals surface area contributed by atoms with Crippen molar-refractivity contribution in [2.24, 2.45) is 4.99 Å². The lowest BCUT2D eigenvalue weighted by molar-refractivity contribution is -0.0721. The lowest BCUT2D eigenvalue weighted by Crippen LogP contribution is -2.47. The maximum absolute atomic E-state index is 6.16. The van der Waals surface area contributed by atoms with E-state index < -0.39 is 0 Å². The fourth-order valence-corrected chi connectivity index (χ4v) is 4.59. The number of aromatic amines is 1. The van der Waals surface area contributed by atoms with E-state index in [0.29, 0.717) is 12.2 Å². The van der Waals surface area contributed by atoms with Gasteiger partial charge in [-0.2, -0.15) is 0 Å². The number of aliphatic imine (C=N–C) groups is 1. The molecule has 0 amide bonds. The Morgan fingerprint density at radius 1 is 1.30 bits per heavy atom. The zero-order valence-corrected chi connectivity index (χ0v) is 18.6. The first-order valence-corrected chi connectivity index (χ1v) is 11.5. The molecule has 1 atom stereocenters. The average Bonchev–Trinajstić information content (AvgIpc) is 3.18. The molecule has 3 heterocycles. The molecule has 2 aromatic rings. The molecule has 0 radical (unpaired) electrons. The van der Waals surface area contributed by atoms with Gasteiger partial charge in [0, 0.05) is 55.4 Å². The van der Waals surface area contributed by atoms with E-state index in [1.807, 2.05) is 25.2 Å². The van der Waals surface area contributed by atoms with Crippen molar-refractivity contribution in [3.8, 4) is 0 Å². The molecule has 0 bridgehead atoms. The summed E-state index contributed by atoms with van der Waals surface area (Å²) in [6.45, 7) is 4.41. The van der Waals surface area contributed by atoms with Crippen molar-refractivity contribution < 1.29 is 9.47 Å². The van der Waals surface area contributed by atoms with Crippen LogP contribution < -0.4 is 5.32 Å². The topological polar surface area (TPSA) is 61.9 Å². The summed E-state index contributed by atoms with van der Waals surface area (Å²) in [7, 11) is 1.86. The Hall–Kier alpha value is -1.76. The van der Waals surface area contributed by atoms with Gasteiger partial charge in [-0.3, -0.25) is 4.99 Å². The molecule has 2 saturated heterocycles. The van der Waals surface area contributed by atoms with E-state index in [1.54, 1.807) is 0 Å². The number of hydrogen-bond donors (Lipinski definition) is 2. The number of hydrogen-bond acceptors (Lipinski definition) is 3. The van der Waals surface area contributed by atoms with Gasteiger partial charge in [-0.1, -0.05) is 11.6 Å². The molecule has 1 aromatic heterocycles. The summed E-state index contributed by atoms with van der Waals surface area (Å²) >= 11 is 6.16. The summed E-state index contributed by atoms with van der Waals surface area (Å²) in [6.07, 6.45) is 9.28. The first-order valence-electron chi connectivity index (χ1n) is 11.2. The highest BCUT2D eigenvalue weighted by atomic mass is 35.5. The number of piperidine rings is 1. The molecular weight excluding hydrogens is 400 g/mol. The number of likely N-dealkylation sites (tertiary alicyclic amines) is 1. The van der Waals surface area contributed by atoms with E-state index in [0.717, 1.165) is 75.0 Å². The fourth-order valence-electron chi connectivity index (χ4n) is 4.42. The molecule has 0 saturated carbocycles. The summed E-state index contributed by atoms with van der Waals surface area (Å²) in [4.78, 5) is 10.2. The predicted octanol–water partition coefficient (Wildman–Crippen LogP) is 3.99. The highest BCUT2D eigenvalue weighted by Gasteiger charge is 2.23. The van der Waals surface area contributed by atoms with Crippen LogP contribution in [0.15, 0.2) is 29.4 Å². The van der Waals surface area contributed by atoms with Gasteiger partial charge in [-0.25, -0.2) is 0 Å². The Bertz CT molecular complexity index is 839. The second kappa shape index (κ2) is 10.5. The molecule has 2 aliphatic rings. The smallest absolute Gasteiger partial charge is 0.193 e. The second-order valence-corrected chi connectivity index (χ2v) is 8.67. The Balaban J connectivity index is 1.20. The van der Waals surface area contributed by atoms with Crippen molar-refractivity contribution in [2.45, 2.75) is 50.7 Å². The molecule has 1 unspecified atom stereocenters. The molecule has 2 N–H and O–H groups in total. The molecule has 7 heteroatoms. The van der Waals surface area contributed by atoms with Crippen LogP contribution >= 0.6 is 11.6 Å². The van der Waals surface area contributed by atoms with E-state index in [-0.39, 0.29) is 0 Å². The van der Waals surface area contributed by atoms with E-state index in [9.17, 15) is 0 Å². The predicted molar refractivity (Wildman–Crippen MR) is 123 cm³/mol. The summed E-state index contributed by atoms with van der Waals surface area (Å²) in [5.74, 6) is 0.974. The molecule has 30 heavy (non-hydrogen) atoms. The van der Waals surface area contributed by atoms with Crippen LogP contribution in [0.5, 0.6) is 0 Å². The van der Waals surface area contributed by atoms with Gasteiger partial charge in [-0.05, 0) is 62.3 Å². The zero-order valence-electron chi connectivity index (χ0n) is 17.8. The first-order chi connectivity index (χ1) is 14.7. The fraction of sp³-hybridized carbons (Fsp3) is 0.609. The van der Waals surface area contributed by atoms with Crippen LogP contribution in [0, 0.1) is 0 Å². The minimum atomic E-state index is 0.297. The van der Waals surface area contributed by atoms with Crippen molar-refractivity contribution in [1.82, 2.24) is 15.2 Å². The maximum atomic E-state index is 6.16. The third kappa shape index (κ3) is 5.48. The molecule has 4 rings (SSSR count). The minimum Gasteiger partial charge on any atom is -0.376 e. The van der Waals surface area contributed by atoms with Gasteiger partial charge < -0.3 is 24.7 Å². The van der Waals surface area contributed by atoms with Gasteiger partial charge in [0.05, 0.1) is 18.8 Å². The molecule has 2 aliphatic heterocycles. The van der Waals surface area contributed by atoms with Crippen LogP contribution in [0.25, 0.3) is 10.9 Å². The van der Waals surface area contributed by atoms with Gasteiger partial charge in [-0.15, -0.1) is 0 Å². The molecule has 0 spiro atoms. The Labute approximate surface area is 184 Å². The van der Waals surface area contributed by atoms with Crippen molar-refractivity contribution in [3.63, 3.8) is 0 Å². The van der Waals surface area contributed by atoms with Crippen molar-refractivity contribution in [2.75, 3.05) is 39.9 Å². The minimum absolute atomic E-state index is 0.297. The SMILES string of the molecule is CN=C(NCCc1c[nH]c2ccc(Cl)cc12)N1CCC(OCC2CCCCO2)CC1. The summed E-state index contributed by atoms with van der Waals surface area (Å²) in [6, 6.07) is 5.97. The van der Waals surface area contributed by atoms with Crippen molar-refractivity contribution in [3.05, 3.63) is 35.0 Å². The molecule has 2 fully saturated rings. The van der Waals surface area contributed by atoms with E-state index in [2.05, 4.69) is 26.4 Å². The monoisotopic (exact) mass is 432 g/mol. The zero-order chi connectivity index (χ0) is 20.8. The number of fused-ring (bicyclic) bond motifs is 1. The number of nitrogens with one attached hydrogen (secondary N) is 2. The van der Waals surface area contributed by atoms with Crippen LogP contribution in [0.3, 0.4) is 0 Å². The van der Waals surface area contributed by atoms with Gasteiger partial charge in [0.2, 0.25) is 0 Å². The first kappa shape index (κ1) is 21.5. The second-order valence-electron chi connectivity index (χ2n) is 8.24. The number of halogens is 1. The Morgan fingerprint density at radius 3 is 2.93 bits per heavy atom. The highest BCUT2D eigenvalue weighted by Crippen LogP contribution is 2.23. The van der Waals surface area contributed by atoms with Crippen LogP contribution in [0.1, 0.15) is 37.7 Å². The molecule has 0 aliphatic carbocycles. The number of ether oxygens (including phenoxy) is 2. The lowest BCUT2D eigenvalue weighted by atomic mass is 10.1. The molecule has 6 nitrogen and oxygen atoms in total. The normalized spacial score (nSPS) is 21.3. The quantitative estimate of drug-likeness (QED) is 0.535. The van der Waals surface area contributed by atoms with Crippen LogP contribution in [0.2, 0.25) is 5.02 Å². The van der Waals surface area contributed by atoms with Crippen molar-refractivity contribution in [1.29, 1.82) is 0 Å². The molecular formula is C23H33ClN4O2. The summed E-state index contributed by atoms with van der Waals surface area (Å²) in [5, 5.41) is 5.49. The standard InChI is InChI=1S/C23H33ClN4O2/c1-25-23(26-10-7-17-15-27-22-6-5-18(24)14-21(17)22)28-11-8-19(9-12-28)30-16-20-4-2-3-13-29-20/h5-6,14-15,19-20,27H,2-4,7-13,16H2,1H3,(H,25,26). The maximum Gasteiger partial charge on any atom is 0.193 e. The number of aromatic nitrogens is 1. The largest absolute Gasteiger partial charge is 0.376 e. The third-order valence-electron chi connectivity index (χ3n) is 6.15. The number of guanidine groups is 1. The van der Waals surface area contributed by atoms with E-state index >= 15 is 0 Å². The third-order valence-corrected chi connectivity index (χ3v) is 6.39. The highest BCUT2D eigenvalue weighted by molar-refractivity contribution is 6.31. The van der Waals surface area contributed by atoms with E-state index in [1.165, 1.54) is 23.8 Å². The number of benzene rings is 1. The molecule has 164 valence electrons. The number of H-pyrrole nitrogens is 1.